The van der Waals surface area contributed by atoms with Gasteiger partial charge in [-0.3, -0.25) is 0 Å². The van der Waals surface area contributed by atoms with Crippen LogP contribution >= 0.6 is 15.9 Å². The SMILES string of the molecule is CN(C)c1ccc(C(N)Cc2c(F)ccc(Br)c2F)cc1. The Balaban J connectivity index is 2.22. The summed E-state index contributed by atoms with van der Waals surface area (Å²) in [6.45, 7) is 0. The van der Waals surface area contributed by atoms with Gasteiger partial charge < -0.3 is 10.6 Å². The third kappa shape index (κ3) is 3.60. The van der Waals surface area contributed by atoms with Crippen molar-refractivity contribution in [2.45, 2.75) is 12.5 Å². The van der Waals surface area contributed by atoms with Gasteiger partial charge in [0.05, 0.1) is 4.47 Å². The summed E-state index contributed by atoms with van der Waals surface area (Å²) in [5, 5.41) is 0. The average Bonchev–Trinajstić information content (AvgIpc) is 2.47. The Morgan fingerprint density at radius 3 is 2.29 bits per heavy atom. The highest BCUT2D eigenvalue weighted by atomic mass is 79.9. The van der Waals surface area contributed by atoms with Gasteiger partial charge in [-0.1, -0.05) is 12.1 Å². The summed E-state index contributed by atoms with van der Waals surface area (Å²) in [5.41, 5.74) is 7.98. The number of halogens is 3. The molecule has 0 spiro atoms. The van der Waals surface area contributed by atoms with Gasteiger partial charge in [0, 0.05) is 31.4 Å². The standard InChI is InChI=1S/C16H17BrF2N2/c1-21(2)11-5-3-10(4-6-11)15(20)9-12-14(18)8-7-13(17)16(12)19/h3-8,15H,9,20H2,1-2H3. The first-order valence-electron chi connectivity index (χ1n) is 6.55. The zero-order chi connectivity index (χ0) is 15.6. The summed E-state index contributed by atoms with van der Waals surface area (Å²) in [5.74, 6) is -1.16. The molecule has 0 bridgehead atoms. The predicted molar refractivity (Wildman–Crippen MR) is 85.5 cm³/mol. The Kier molecular flexibility index (Phi) is 4.96. The third-order valence-corrected chi connectivity index (χ3v) is 4.01. The lowest BCUT2D eigenvalue weighted by Gasteiger charge is -2.16. The minimum absolute atomic E-state index is 0.00793. The molecule has 0 fully saturated rings. The van der Waals surface area contributed by atoms with Gasteiger partial charge in [-0.15, -0.1) is 0 Å². The molecule has 2 N–H and O–H groups in total. The smallest absolute Gasteiger partial charge is 0.143 e. The Bertz CT molecular complexity index is 627. The van der Waals surface area contributed by atoms with Crippen LogP contribution in [0.5, 0.6) is 0 Å². The van der Waals surface area contributed by atoms with E-state index in [0.29, 0.717) is 0 Å². The molecule has 0 saturated heterocycles. The number of hydrogen-bond acceptors (Lipinski definition) is 2. The normalized spacial score (nSPS) is 12.3. The van der Waals surface area contributed by atoms with Crippen LogP contribution in [0.15, 0.2) is 40.9 Å². The molecule has 2 nitrogen and oxygen atoms in total. The zero-order valence-electron chi connectivity index (χ0n) is 11.9. The molecule has 2 aromatic rings. The maximum Gasteiger partial charge on any atom is 0.143 e. The van der Waals surface area contributed by atoms with Gasteiger partial charge >= 0.3 is 0 Å². The Morgan fingerprint density at radius 1 is 1.10 bits per heavy atom. The Labute approximate surface area is 131 Å². The van der Waals surface area contributed by atoms with E-state index in [1.807, 2.05) is 43.3 Å². The summed E-state index contributed by atoms with van der Waals surface area (Å²) < 4.78 is 28.0. The summed E-state index contributed by atoms with van der Waals surface area (Å²) >= 11 is 3.06. The van der Waals surface area contributed by atoms with Gasteiger partial charge in [-0.05, 0) is 52.2 Å². The van der Waals surface area contributed by atoms with E-state index in [1.54, 1.807) is 0 Å². The molecule has 0 amide bonds. The minimum atomic E-state index is -0.588. The first kappa shape index (κ1) is 15.9. The van der Waals surface area contributed by atoms with Crippen molar-refractivity contribution in [2.24, 2.45) is 5.73 Å². The molecule has 1 unspecified atom stereocenters. The van der Waals surface area contributed by atoms with E-state index in [4.69, 9.17) is 5.73 Å². The lowest BCUT2D eigenvalue weighted by atomic mass is 9.98. The highest BCUT2D eigenvalue weighted by molar-refractivity contribution is 9.10. The number of benzene rings is 2. The molecule has 0 heterocycles. The lowest BCUT2D eigenvalue weighted by Crippen LogP contribution is -2.16. The monoisotopic (exact) mass is 354 g/mol. The van der Waals surface area contributed by atoms with Crippen LogP contribution in [0, 0.1) is 11.6 Å². The van der Waals surface area contributed by atoms with E-state index in [1.165, 1.54) is 12.1 Å². The summed E-state index contributed by atoms with van der Waals surface area (Å²) in [6.07, 6.45) is 0.110. The number of nitrogens with two attached hydrogens (primary N) is 1. The van der Waals surface area contributed by atoms with Crippen LogP contribution in [-0.4, -0.2) is 14.1 Å². The second kappa shape index (κ2) is 6.54. The highest BCUT2D eigenvalue weighted by Crippen LogP contribution is 2.26. The molecule has 0 aromatic heterocycles. The van der Waals surface area contributed by atoms with Gasteiger partial charge in [0.2, 0.25) is 0 Å². The summed E-state index contributed by atoms with van der Waals surface area (Å²) in [6, 6.07) is 9.77. The van der Waals surface area contributed by atoms with Crippen molar-refractivity contribution >= 4 is 21.6 Å². The van der Waals surface area contributed by atoms with E-state index in [0.717, 1.165) is 11.3 Å². The molecular weight excluding hydrogens is 338 g/mol. The van der Waals surface area contributed by atoms with E-state index in [2.05, 4.69) is 15.9 Å². The minimum Gasteiger partial charge on any atom is -0.378 e. The molecule has 2 aromatic carbocycles. The molecule has 5 heteroatoms. The fraction of sp³-hybridized carbons (Fsp3) is 0.250. The first-order valence-corrected chi connectivity index (χ1v) is 7.34. The lowest BCUT2D eigenvalue weighted by molar-refractivity contribution is 0.536. The van der Waals surface area contributed by atoms with Crippen LogP contribution in [0.4, 0.5) is 14.5 Å². The van der Waals surface area contributed by atoms with Crippen LogP contribution in [-0.2, 0) is 6.42 Å². The van der Waals surface area contributed by atoms with Crippen LogP contribution in [0.25, 0.3) is 0 Å². The van der Waals surface area contributed by atoms with E-state index in [-0.39, 0.29) is 16.5 Å². The molecule has 0 aliphatic heterocycles. The Hall–Kier alpha value is -1.46. The quantitative estimate of drug-likeness (QED) is 0.839. The maximum atomic E-state index is 14.0. The van der Waals surface area contributed by atoms with Crippen molar-refractivity contribution in [3.05, 3.63) is 63.6 Å². The van der Waals surface area contributed by atoms with Gasteiger partial charge in [0.15, 0.2) is 0 Å². The fourth-order valence-corrected chi connectivity index (χ4v) is 2.49. The van der Waals surface area contributed by atoms with Gasteiger partial charge in [0.25, 0.3) is 0 Å². The highest BCUT2D eigenvalue weighted by Gasteiger charge is 2.16. The van der Waals surface area contributed by atoms with E-state index in [9.17, 15) is 8.78 Å². The Morgan fingerprint density at radius 2 is 1.71 bits per heavy atom. The third-order valence-electron chi connectivity index (χ3n) is 3.40. The van der Waals surface area contributed by atoms with Crippen LogP contribution < -0.4 is 10.6 Å². The second-order valence-electron chi connectivity index (χ2n) is 5.12. The zero-order valence-corrected chi connectivity index (χ0v) is 13.5. The van der Waals surface area contributed by atoms with E-state index < -0.39 is 17.7 Å². The molecule has 21 heavy (non-hydrogen) atoms. The van der Waals surface area contributed by atoms with Crippen molar-refractivity contribution in [2.75, 3.05) is 19.0 Å². The molecule has 0 aliphatic rings. The van der Waals surface area contributed by atoms with Crippen LogP contribution in [0.1, 0.15) is 17.2 Å². The van der Waals surface area contributed by atoms with Gasteiger partial charge in [0.1, 0.15) is 11.6 Å². The van der Waals surface area contributed by atoms with Crippen molar-refractivity contribution in [3.8, 4) is 0 Å². The number of rotatable bonds is 4. The van der Waals surface area contributed by atoms with Crippen molar-refractivity contribution < 1.29 is 8.78 Å². The summed E-state index contributed by atoms with van der Waals surface area (Å²) in [4.78, 5) is 1.98. The number of nitrogens with zero attached hydrogens (tertiary/aromatic N) is 1. The second-order valence-corrected chi connectivity index (χ2v) is 5.97. The molecule has 0 saturated carbocycles. The fourth-order valence-electron chi connectivity index (χ4n) is 2.11. The van der Waals surface area contributed by atoms with Crippen molar-refractivity contribution in [1.29, 1.82) is 0 Å². The van der Waals surface area contributed by atoms with E-state index >= 15 is 0 Å². The maximum absolute atomic E-state index is 14.0. The molecule has 0 aliphatic carbocycles. The van der Waals surface area contributed by atoms with Crippen LogP contribution in [0.3, 0.4) is 0 Å². The molecule has 0 radical (unpaired) electrons. The first-order chi connectivity index (χ1) is 9.90. The largest absolute Gasteiger partial charge is 0.378 e. The topological polar surface area (TPSA) is 29.3 Å². The number of hydrogen-bond donors (Lipinski definition) is 1. The molecule has 112 valence electrons. The van der Waals surface area contributed by atoms with Crippen LogP contribution in [0.2, 0.25) is 0 Å². The molecule has 1 atom stereocenters. The predicted octanol–water partition coefficient (Wildman–Crippen LogP) is 4.04. The number of anilines is 1. The molecule has 2 rings (SSSR count). The molecular formula is C16H17BrF2N2. The van der Waals surface area contributed by atoms with Crippen molar-refractivity contribution in [1.82, 2.24) is 0 Å². The van der Waals surface area contributed by atoms with Crippen molar-refractivity contribution in [3.63, 3.8) is 0 Å². The average molecular weight is 355 g/mol. The summed E-state index contributed by atoms with van der Waals surface area (Å²) in [7, 11) is 3.89. The van der Waals surface area contributed by atoms with Gasteiger partial charge in [-0.2, -0.15) is 0 Å². The van der Waals surface area contributed by atoms with Gasteiger partial charge in [-0.25, -0.2) is 8.78 Å².